The summed E-state index contributed by atoms with van der Waals surface area (Å²) in [6.45, 7) is 2.70. The van der Waals surface area contributed by atoms with Gasteiger partial charge in [0.2, 0.25) is 11.6 Å². The first-order valence-electron chi connectivity index (χ1n) is 8.95. The van der Waals surface area contributed by atoms with Gasteiger partial charge in [0.05, 0.1) is 10.9 Å². The zero-order valence-electron chi connectivity index (χ0n) is 15.1. The Labute approximate surface area is 158 Å². The van der Waals surface area contributed by atoms with Crippen LogP contribution in [0.1, 0.15) is 12.7 Å². The maximum Gasteiger partial charge on any atom is 0.262 e. The number of fused-ring (bicyclic) bond motifs is 3. The predicted octanol–water partition coefficient (Wildman–Crippen LogP) is 1.77. The zero-order valence-corrected chi connectivity index (χ0v) is 15.1. The molecule has 9 heteroatoms. The molecule has 0 aliphatic carbocycles. The largest absolute Gasteiger partial charge is 0.277 e. The lowest BCUT2D eigenvalue weighted by Gasteiger charge is -2.09. The molecule has 0 unspecified atom stereocenters. The summed E-state index contributed by atoms with van der Waals surface area (Å²) in [5.41, 5.74) is 1.58. The molecule has 9 nitrogen and oxygen atoms in total. The van der Waals surface area contributed by atoms with Crippen molar-refractivity contribution >= 4 is 16.7 Å². The van der Waals surface area contributed by atoms with Crippen LogP contribution in [0.2, 0.25) is 0 Å². The van der Waals surface area contributed by atoms with E-state index in [4.69, 9.17) is 0 Å². The van der Waals surface area contributed by atoms with E-state index in [0.717, 1.165) is 11.1 Å². The Bertz CT molecular complexity index is 1350. The van der Waals surface area contributed by atoms with Crippen LogP contribution in [0, 0.1) is 0 Å². The van der Waals surface area contributed by atoms with Gasteiger partial charge in [-0.05, 0) is 24.3 Å². The molecular weight excluding hydrogens is 356 g/mol. The van der Waals surface area contributed by atoms with E-state index in [1.54, 1.807) is 4.57 Å². The smallest absolute Gasteiger partial charge is 0.262 e. The highest BCUT2D eigenvalue weighted by Gasteiger charge is 2.17. The SMILES string of the molecule is CCn1c(=O)c2ccccc2n2c(Cn3nnc(-c4ccccc4)n3)nnc12. The predicted molar refractivity (Wildman–Crippen MR) is 103 cm³/mol. The summed E-state index contributed by atoms with van der Waals surface area (Å²) in [7, 11) is 0. The van der Waals surface area contributed by atoms with Gasteiger partial charge in [-0.2, -0.15) is 4.80 Å². The van der Waals surface area contributed by atoms with Crippen molar-refractivity contribution in [1.82, 2.24) is 39.4 Å². The van der Waals surface area contributed by atoms with Crippen molar-refractivity contribution in [2.45, 2.75) is 20.0 Å². The molecule has 5 rings (SSSR count). The van der Waals surface area contributed by atoms with Gasteiger partial charge in [0.15, 0.2) is 5.82 Å². The minimum atomic E-state index is -0.0743. The van der Waals surface area contributed by atoms with E-state index in [1.165, 1.54) is 4.80 Å². The molecule has 3 heterocycles. The van der Waals surface area contributed by atoms with Crippen LogP contribution in [0.25, 0.3) is 28.1 Å². The Balaban J connectivity index is 1.64. The summed E-state index contributed by atoms with van der Waals surface area (Å²) in [4.78, 5) is 14.2. The Morgan fingerprint density at radius 1 is 0.929 bits per heavy atom. The molecule has 0 bridgehead atoms. The van der Waals surface area contributed by atoms with Crippen LogP contribution in [0.15, 0.2) is 59.4 Å². The van der Waals surface area contributed by atoms with Crippen LogP contribution in [0.4, 0.5) is 0 Å². The number of rotatable bonds is 4. The monoisotopic (exact) mass is 372 g/mol. The molecule has 0 spiro atoms. The highest BCUT2D eigenvalue weighted by Crippen LogP contribution is 2.16. The van der Waals surface area contributed by atoms with E-state index < -0.39 is 0 Å². The third-order valence-electron chi connectivity index (χ3n) is 4.66. The first-order valence-corrected chi connectivity index (χ1v) is 8.95. The molecule has 0 atom stereocenters. The number of para-hydroxylation sites is 1. The molecule has 28 heavy (non-hydrogen) atoms. The summed E-state index contributed by atoms with van der Waals surface area (Å²) in [6, 6.07) is 17.1. The first-order chi connectivity index (χ1) is 13.8. The second-order valence-electron chi connectivity index (χ2n) is 6.33. The van der Waals surface area contributed by atoms with Gasteiger partial charge in [-0.3, -0.25) is 13.8 Å². The average molecular weight is 372 g/mol. The molecule has 2 aromatic carbocycles. The van der Waals surface area contributed by atoms with Crippen LogP contribution >= 0.6 is 0 Å². The van der Waals surface area contributed by atoms with Crippen molar-refractivity contribution in [2.75, 3.05) is 0 Å². The van der Waals surface area contributed by atoms with Crippen molar-refractivity contribution in [3.8, 4) is 11.4 Å². The molecule has 0 fully saturated rings. The molecule has 0 N–H and O–H groups in total. The van der Waals surface area contributed by atoms with E-state index in [1.807, 2.05) is 65.9 Å². The van der Waals surface area contributed by atoms with Gasteiger partial charge < -0.3 is 0 Å². The van der Waals surface area contributed by atoms with Crippen molar-refractivity contribution in [2.24, 2.45) is 0 Å². The van der Waals surface area contributed by atoms with Crippen molar-refractivity contribution in [1.29, 1.82) is 0 Å². The molecule has 0 radical (unpaired) electrons. The van der Waals surface area contributed by atoms with Gasteiger partial charge in [0.25, 0.3) is 5.56 Å². The Kier molecular flexibility index (Phi) is 3.71. The highest BCUT2D eigenvalue weighted by atomic mass is 16.1. The topological polar surface area (TPSA) is 95.8 Å². The first kappa shape index (κ1) is 16.3. The molecule has 5 aromatic rings. The Morgan fingerprint density at radius 2 is 1.71 bits per heavy atom. The third-order valence-corrected chi connectivity index (χ3v) is 4.66. The number of hydrogen-bond acceptors (Lipinski definition) is 6. The van der Waals surface area contributed by atoms with Crippen molar-refractivity contribution in [3.63, 3.8) is 0 Å². The van der Waals surface area contributed by atoms with Crippen LogP contribution in [-0.2, 0) is 13.1 Å². The summed E-state index contributed by atoms with van der Waals surface area (Å²) in [5.74, 6) is 1.68. The second-order valence-corrected chi connectivity index (χ2v) is 6.33. The summed E-state index contributed by atoms with van der Waals surface area (Å²) in [6.07, 6.45) is 0. The molecule has 0 saturated heterocycles. The number of aromatic nitrogens is 8. The fourth-order valence-electron chi connectivity index (χ4n) is 3.34. The van der Waals surface area contributed by atoms with Gasteiger partial charge in [-0.1, -0.05) is 42.5 Å². The van der Waals surface area contributed by atoms with E-state index in [2.05, 4.69) is 25.6 Å². The van der Waals surface area contributed by atoms with Crippen molar-refractivity contribution < 1.29 is 0 Å². The normalized spacial score (nSPS) is 11.5. The summed E-state index contributed by atoms with van der Waals surface area (Å²) in [5, 5.41) is 21.9. The van der Waals surface area contributed by atoms with Crippen LogP contribution in [-0.4, -0.2) is 39.4 Å². The van der Waals surface area contributed by atoms with Gasteiger partial charge in [0, 0.05) is 12.1 Å². The number of hydrogen-bond donors (Lipinski definition) is 0. The van der Waals surface area contributed by atoms with Crippen LogP contribution in [0.5, 0.6) is 0 Å². The van der Waals surface area contributed by atoms with Crippen molar-refractivity contribution in [3.05, 3.63) is 70.8 Å². The van der Waals surface area contributed by atoms with Crippen LogP contribution in [0.3, 0.4) is 0 Å². The van der Waals surface area contributed by atoms with Gasteiger partial charge in [0.1, 0.15) is 6.54 Å². The number of tetrazole rings is 1. The molecular formula is C19H16N8O. The molecule has 138 valence electrons. The quantitative estimate of drug-likeness (QED) is 0.477. The lowest BCUT2D eigenvalue weighted by Crippen LogP contribution is -2.23. The lowest BCUT2D eigenvalue weighted by molar-refractivity contribution is 0.552. The standard InChI is InChI=1S/C19H16N8O/c1-2-25-18(28)14-10-6-7-11-15(14)27-16(20-22-19(25)27)12-26-23-17(21-24-26)13-8-4-3-5-9-13/h3-11H,2,12H2,1H3. The van der Waals surface area contributed by atoms with E-state index in [-0.39, 0.29) is 12.1 Å². The van der Waals surface area contributed by atoms with E-state index in [0.29, 0.717) is 29.4 Å². The van der Waals surface area contributed by atoms with Gasteiger partial charge in [-0.25, -0.2) is 0 Å². The molecule has 3 aromatic heterocycles. The highest BCUT2D eigenvalue weighted by molar-refractivity contribution is 5.80. The van der Waals surface area contributed by atoms with Crippen LogP contribution < -0.4 is 5.56 Å². The minimum absolute atomic E-state index is 0.0743. The lowest BCUT2D eigenvalue weighted by atomic mass is 10.2. The van der Waals surface area contributed by atoms with Gasteiger partial charge in [-0.15, -0.1) is 20.4 Å². The number of benzene rings is 2. The summed E-state index contributed by atoms with van der Waals surface area (Å²) < 4.78 is 3.49. The second kappa shape index (κ2) is 6.38. The molecule has 0 aliphatic heterocycles. The van der Waals surface area contributed by atoms with E-state index in [9.17, 15) is 4.79 Å². The number of aryl methyl sites for hydroxylation is 1. The molecule has 0 aliphatic rings. The zero-order chi connectivity index (χ0) is 19.1. The Hall–Kier alpha value is -3.88. The maximum absolute atomic E-state index is 12.7. The number of nitrogens with zero attached hydrogens (tertiary/aromatic N) is 8. The fourth-order valence-corrected chi connectivity index (χ4v) is 3.34. The maximum atomic E-state index is 12.7. The fraction of sp³-hybridized carbons (Fsp3) is 0.158. The molecule has 0 amide bonds. The van der Waals surface area contributed by atoms with E-state index >= 15 is 0 Å². The average Bonchev–Trinajstić information content (AvgIpc) is 3.37. The third kappa shape index (κ3) is 2.48. The molecule has 0 saturated carbocycles. The van der Waals surface area contributed by atoms with Gasteiger partial charge >= 0.3 is 0 Å². The minimum Gasteiger partial charge on any atom is -0.277 e. The summed E-state index contributed by atoms with van der Waals surface area (Å²) >= 11 is 0. The Morgan fingerprint density at radius 3 is 2.54 bits per heavy atom.